The topological polar surface area (TPSA) is 96.7 Å². The van der Waals surface area contributed by atoms with E-state index in [-0.39, 0.29) is 10.5 Å². The normalized spacial score (nSPS) is 12.2. The van der Waals surface area contributed by atoms with Gasteiger partial charge in [-0.2, -0.15) is 9.41 Å². The molecular weight excluding hydrogens is 414 g/mol. The number of carbonyl (C=O) groups excluding carboxylic acids is 1. The number of imidazole rings is 1. The van der Waals surface area contributed by atoms with Crippen LogP contribution < -0.4 is 5.43 Å². The molecule has 162 valence electrons. The van der Waals surface area contributed by atoms with E-state index in [9.17, 15) is 13.2 Å². The highest BCUT2D eigenvalue weighted by Gasteiger charge is 2.22. The summed E-state index contributed by atoms with van der Waals surface area (Å²) >= 11 is 0. The van der Waals surface area contributed by atoms with E-state index >= 15 is 0 Å². The molecule has 0 saturated carbocycles. The fraction of sp³-hybridized carbons (Fsp3) is 0.227. The van der Waals surface area contributed by atoms with Crippen LogP contribution in [0.4, 0.5) is 0 Å². The molecule has 0 aliphatic carbocycles. The molecule has 1 heterocycles. The zero-order chi connectivity index (χ0) is 22.4. The van der Waals surface area contributed by atoms with E-state index in [0.717, 1.165) is 11.3 Å². The summed E-state index contributed by atoms with van der Waals surface area (Å²) in [6.45, 7) is 6.05. The maximum absolute atomic E-state index is 12.7. The lowest BCUT2D eigenvalue weighted by Gasteiger charge is -2.18. The molecule has 31 heavy (non-hydrogen) atoms. The van der Waals surface area contributed by atoms with Crippen LogP contribution in [0.5, 0.6) is 0 Å². The SMILES string of the molecule is CCN(CC)S(=O)(=O)c1cccc(C(=O)N/N=C(\C)c2ccc(-n3ccnc3)cc2)c1. The number of carbonyl (C=O) groups is 1. The molecular formula is C22H25N5O3S. The summed E-state index contributed by atoms with van der Waals surface area (Å²) in [6, 6.07) is 13.6. The van der Waals surface area contributed by atoms with E-state index < -0.39 is 15.9 Å². The van der Waals surface area contributed by atoms with E-state index in [0.29, 0.717) is 18.8 Å². The highest BCUT2D eigenvalue weighted by Crippen LogP contribution is 2.17. The van der Waals surface area contributed by atoms with Gasteiger partial charge in [0.2, 0.25) is 10.0 Å². The minimum absolute atomic E-state index is 0.0830. The quantitative estimate of drug-likeness (QED) is 0.431. The summed E-state index contributed by atoms with van der Waals surface area (Å²) in [5.74, 6) is -0.481. The van der Waals surface area contributed by atoms with Crippen molar-refractivity contribution in [1.29, 1.82) is 0 Å². The van der Waals surface area contributed by atoms with Gasteiger partial charge in [0, 0.05) is 36.7 Å². The van der Waals surface area contributed by atoms with E-state index in [4.69, 9.17) is 0 Å². The van der Waals surface area contributed by atoms with Gasteiger partial charge in [0.1, 0.15) is 0 Å². The smallest absolute Gasteiger partial charge is 0.271 e. The van der Waals surface area contributed by atoms with Crippen molar-refractivity contribution in [3.63, 3.8) is 0 Å². The fourth-order valence-corrected chi connectivity index (χ4v) is 4.57. The number of nitrogens with zero attached hydrogens (tertiary/aromatic N) is 4. The Bertz CT molecular complexity index is 1170. The third-order valence-corrected chi connectivity index (χ3v) is 6.90. The third kappa shape index (κ3) is 5.07. The molecule has 0 fully saturated rings. The second kappa shape index (κ2) is 9.67. The number of benzene rings is 2. The predicted molar refractivity (Wildman–Crippen MR) is 120 cm³/mol. The summed E-state index contributed by atoms with van der Waals surface area (Å²) in [5.41, 5.74) is 5.16. The van der Waals surface area contributed by atoms with E-state index in [2.05, 4.69) is 15.5 Å². The first kappa shape index (κ1) is 22.4. The lowest BCUT2D eigenvalue weighted by atomic mass is 10.1. The van der Waals surface area contributed by atoms with Crippen molar-refractivity contribution in [1.82, 2.24) is 19.3 Å². The summed E-state index contributed by atoms with van der Waals surface area (Å²) in [6.07, 6.45) is 5.27. The van der Waals surface area contributed by atoms with Crippen LogP contribution in [0.25, 0.3) is 5.69 Å². The van der Waals surface area contributed by atoms with E-state index in [1.165, 1.54) is 16.4 Å². The molecule has 2 aromatic carbocycles. The van der Waals surface area contributed by atoms with Crippen molar-refractivity contribution in [3.05, 3.63) is 78.4 Å². The Hall–Kier alpha value is -3.30. The van der Waals surface area contributed by atoms with Gasteiger partial charge >= 0.3 is 0 Å². The summed E-state index contributed by atoms with van der Waals surface area (Å²) in [5, 5.41) is 4.16. The van der Waals surface area contributed by atoms with Crippen LogP contribution in [0.2, 0.25) is 0 Å². The highest BCUT2D eigenvalue weighted by atomic mass is 32.2. The van der Waals surface area contributed by atoms with Crippen molar-refractivity contribution in [2.75, 3.05) is 13.1 Å². The van der Waals surface area contributed by atoms with E-state index in [1.54, 1.807) is 45.4 Å². The Morgan fingerprint density at radius 1 is 1.10 bits per heavy atom. The summed E-state index contributed by atoms with van der Waals surface area (Å²) in [4.78, 5) is 16.6. The number of amides is 1. The second-order valence-corrected chi connectivity index (χ2v) is 8.71. The van der Waals surface area contributed by atoms with Crippen molar-refractivity contribution >= 4 is 21.6 Å². The van der Waals surface area contributed by atoms with Gasteiger partial charge in [-0.15, -0.1) is 0 Å². The Kier molecular flexibility index (Phi) is 6.98. The zero-order valence-corrected chi connectivity index (χ0v) is 18.5. The molecule has 0 bridgehead atoms. The zero-order valence-electron chi connectivity index (χ0n) is 17.7. The van der Waals surface area contributed by atoms with Gasteiger partial charge < -0.3 is 4.57 Å². The minimum atomic E-state index is -3.64. The number of sulfonamides is 1. The average Bonchev–Trinajstić information content (AvgIpc) is 3.33. The van der Waals surface area contributed by atoms with Crippen LogP contribution in [0.3, 0.4) is 0 Å². The molecule has 8 nitrogen and oxygen atoms in total. The largest absolute Gasteiger partial charge is 0.306 e. The molecule has 0 spiro atoms. The standard InChI is InChI=1S/C22H25N5O3S/c1-4-27(5-2)31(29,30)21-8-6-7-19(15-21)22(28)25-24-17(3)18-9-11-20(12-10-18)26-14-13-23-16-26/h6-16H,4-5H2,1-3H3,(H,25,28)/b24-17+. The number of hydrogen-bond donors (Lipinski definition) is 1. The summed E-state index contributed by atoms with van der Waals surface area (Å²) in [7, 11) is -3.64. The van der Waals surface area contributed by atoms with E-state index in [1.807, 2.05) is 35.0 Å². The number of hydrazone groups is 1. The van der Waals surface area contributed by atoms with Gasteiger partial charge in [-0.1, -0.05) is 32.0 Å². The minimum Gasteiger partial charge on any atom is -0.306 e. The molecule has 1 amide bonds. The average molecular weight is 440 g/mol. The van der Waals surface area contributed by atoms with Crippen molar-refractivity contribution in [2.45, 2.75) is 25.7 Å². The molecule has 0 aliphatic rings. The molecule has 0 saturated heterocycles. The first-order chi connectivity index (χ1) is 14.9. The Morgan fingerprint density at radius 2 is 1.81 bits per heavy atom. The molecule has 0 atom stereocenters. The molecule has 1 N–H and O–H groups in total. The maximum Gasteiger partial charge on any atom is 0.271 e. The van der Waals surface area contributed by atoms with Crippen LogP contribution in [-0.2, 0) is 10.0 Å². The first-order valence-electron chi connectivity index (χ1n) is 9.90. The lowest BCUT2D eigenvalue weighted by molar-refractivity contribution is 0.0954. The molecule has 0 unspecified atom stereocenters. The lowest BCUT2D eigenvalue weighted by Crippen LogP contribution is -2.30. The number of hydrogen-bond acceptors (Lipinski definition) is 5. The van der Waals surface area contributed by atoms with Crippen LogP contribution in [-0.4, -0.2) is 47.0 Å². The summed E-state index contributed by atoms with van der Waals surface area (Å²) < 4.78 is 28.6. The van der Waals surface area contributed by atoms with Gasteiger partial charge in [0.15, 0.2) is 0 Å². The molecule has 0 radical (unpaired) electrons. The third-order valence-electron chi connectivity index (χ3n) is 4.85. The Morgan fingerprint density at radius 3 is 2.42 bits per heavy atom. The first-order valence-corrected chi connectivity index (χ1v) is 11.3. The van der Waals surface area contributed by atoms with Gasteiger partial charge in [0.25, 0.3) is 5.91 Å². The monoisotopic (exact) mass is 439 g/mol. The van der Waals surface area contributed by atoms with Crippen molar-refractivity contribution in [3.8, 4) is 5.69 Å². The van der Waals surface area contributed by atoms with Crippen LogP contribution in [0.15, 0.2) is 77.2 Å². The second-order valence-electron chi connectivity index (χ2n) is 6.77. The fourth-order valence-electron chi connectivity index (χ4n) is 3.06. The number of aromatic nitrogens is 2. The van der Waals surface area contributed by atoms with Gasteiger partial charge in [0.05, 0.1) is 16.9 Å². The highest BCUT2D eigenvalue weighted by molar-refractivity contribution is 7.89. The van der Waals surface area contributed by atoms with Crippen LogP contribution in [0, 0.1) is 0 Å². The molecule has 9 heteroatoms. The molecule has 3 aromatic rings. The molecule has 0 aliphatic heterocycles. The Balaban J connectivity index is 1.73. The van der Waals surface area contributed by atoms with Gasteiger partial charge in [-0.25, -0.2) is 18.8 Å². The maximum atomic E-state index is 12.7. The van der Waals surface area contributed by atoms with Crippen molar-refractivity contribution < 1.29 is 13.2 Å². The van der Waals surface area contributed by atoms with Gasteiger partial charge in [-0.05, 0) is 42.8 Å². The van der Waals surface area contributed by atoms with Crippen molar-refractivity contribution in [2.24, 2.45) is 5.10 Å². The number of rotatable bonds is 8. The molecule has 1 aromatic heterocycles. The van der Waals surface area contributed by atoms with Gasteiger partial charge in [-0.3, -0.25) is 4.79 Å². The molecule has 3 rings (SSSR count). The number of nitrogens with one attached hydrogen (secondary N) is 1. The van der Waals surface area contributed by atoms with Crippen LogP contribution in [0.1, 0.15) is 36.7 Å². The Labute approximate surface area is 182 Å². The predicted octanol–water partition coefficient (Wildman–Crippen LogP) is 3.06. The van der Waals surface area contributed by atoms with Crippen LogP contribution >= 0.6 is 0 Å².